The Morgan fingerprint density at radius 1 is 1.47 bits per heavy atom. The Morgan fingerprint density at radius 3 is 3.12 bits per heavy atom. The van der Waals surface area contributed by atoms with Gasteiger partial charge in [0.2, 0.25) is 11.8 Å². The molecule has 94 valence electrons. The topological polar surface area (TPSA) is 80.0 Å². The number of aromatic nitrogens is 2. The largest absolute Gasteiger partial charge is 0.353 e. The summed E-state index contributed by atoms with van der Waals surface area (Å²) < 4.78 is 5.13. The van der Waals surface area contributed by atoms with Crippen LogP contribution in [0.15, 0.2) is 4.52 Å². The first kappa shape index (κ1) is 12.0. The molecule has 1 aliphatic heterocycles. The normalized spacial score (nSPS) is 20.3. The predicted molar refractivity (Wildman–Crippen MR) is 61.4 cm³/mol. The van der Waals surface area contributed by atoms with E-state index in [1.54, 1.807) is 0 Å². The van der Waals surface area contributed by atoms with Crippen LogP contribution in [0.5, 0.6) is 0 Å². The van der Waals surface area contributed by atoms with Gasteiger partial charge in [0, 0.05) is 19.5 Å². The highest BCUT2D eigenvalue weighted by atomic mass is 16.5. The number of hydrogen-bond acceptors (Lipinski definition) is 5. The fraction of sp³-hybridized carbons (Fsp3) is 0.727. The lowest BCUT2D eigenvalue weighted by molar-refractivity contribution is -0.124. The molecule has 0 aromatic carbocycles. The minimum Gasteiger partial charge on any atom is -0.353 e. The highest BCUT2D eigenvalue weighted by molar-refractivity contribution is 5.82. The Labute approximate surface area is 100 Å². The van der Waals surface area contributed by atoms with E-state index in [4.69, 9.17) is 4.52 Å². The van der Waals surface area contributed by atoms with Gasteiger partial charge in [-0.05, 0) is 6.42 Å². The van der Waals surface area contributed by atoms with Gasteiger partial charge in [0.25, 0.3) is 0 Å². The van der Waals surface area contributed by atoms with E-state index in [1.807, 2.05) is 0 Å². The van der Waals surface area contributed by atoms with E-state index in [2.05, 4.69) is 27.7 Å². The van der Waals surface area contributed by atoms with Crippen molar-refractivity contribution in [3.63, 3.8) is 0 Å². The molecule has 17 heavy (non-hydrogen) atoms. The lowest BCUT2D eigenvalue weighted by atomic mass is 10.1. The predicted octanol–water partition coefficient (Wildman–Crippen LogP) is 0.0427. The van der Waals surface area contributed by atoms with Gasteiger partial charge in [0.05, 0.1) is 12.5 Å². The standard InChI is InChI=1S/C11H18N4O2/c1-2-3-4-9-14-10(17-15-9)7-8-11(16)13-6-5-12-8/h8,12H,2-7H2,1H3,(H,13,16). The summed E-state index contributed by atoms with van der Waals surface area (Å²) in [5, 5.41) is 9.83. The van der Waals surface area contributed by atoms with Gasteiger partial charge in [-0.3, -0.25) is 4.79 Å². The molecule has 0 spiro atoms. The number of nitrogens with zero attached hydrogens (tertiary/aromatic N) is 2. The number of nitrogens with one attached hydrogen (secondary N) is 2. The summed E-state index contributed by atoms with van der Waals surface area (Å²) >= 11 is 0. The molecule has 2 heterocycles. The van der Waals surface area contributed by atoms with Crippen LogP contribution in [-0.2, 0) is 17.6 Å². The van der Waals surface area contributed by atoms with Crippen molar-refractivity contribution < 1.29 is 9.32 Å². The van der Waals surface area contributed by atoms with Crippen molar-refractivity contribution in [2.24, 2.45) is 0 Å². The van der Waals surface area contributed by atoms with E-state index in [-0.39, 0.29) is 11.9 Å². The van der Waals surface area contributed by atoms with Gasteiger partial charge in [-0.2, -0.15) is 4.98 Å². The van der Waals surface area contributed by atoms with Crippen molar-refractivity contribution in [3.05, 3.63) is 11.7 Å². The molecule has 1 unspecified atom stereocenters. The second-order valence-corrected chi connectivity index (χ2v) is 4.21. The first-order valence-corrected chi connectivity index (χ1v) is 6.12. The summed E-state index contributed by atoms with van der Waals surface area (Å²) in [5.74, 6) is 1.27. The fourth-order valence-electron chi connectivity index (χ4n) is 1.80. The van der Waals surface area contributed by atoms with Crippen LogP contribution in [0.3, 0.4) is 0 Å². The average molecular weight is 238 g/mol. The van der Waals surface area contributed by atoms with E-state index in [0.717, 1.165) is 31.6 Å². The molecule has 0 radical (unpaired) electrons. The van der Waals surface area contributed by atoms with E-state index in [9.17, 15) is 4.79 Å². The first-order valence-electron chi connectivity index (χ1n) is 6.12. The summed E-state index contributed by atoms with van der Waals surface area (Å²) in [5.41, 5.74) is 0. The number of rotatable bonds is 5. The van der Waals surface area contributed by atoms with E-state index >= 15 is 0 Å². The summed E-state index contributed by atoms with van der Waals surface area (Å²) in [7, 11) is 0. The zero-order valence-corrected chi connectivity index (χ0v) is 10.0. The maximum absolute atomic E-state index is 11.5. The van der Waals surface area contributed by atoms with Crippen molar-refractivity contribution in [1.29, 1.82) is 0 Å². The number of piperazine rings is 1. The number of amides is 1. The molecular weight excluding hydrogens is 220 g/mol. The zero-order chi connectivity index (χ0) is 12.1. The lowest BCUT2D eigenvalue weighted by Gasteiger charge is -2.21. The molecule has 1 saturated heterocycles. The molecule has 0 aliphatic carbocycles. The Morgan fingerprint density at radius 2 is 2.35 bits per heavy atom. The number of unbranched alkanes of at least 4 members (excludes halogenated alkanes) is 1. The molecule has 1 aromatic rings. The molecule has 1 atom stereocenters. The molecule has 2 N–H and O–H groups in total. The second-order valence-electron chi connectivity index (χ2n) is 4.21. The van der Waals surface area contributed by atoms with Crippen molar-refractivity contribution in [2.45, 2.75) is 38.6 Å². The summed E-state index contributed by atoms with van der Waals surface area (Å²) in [4.78, 5) is 15.8. The van der Waals surface area contributed by atoms with Crippen LogP contribution < -0.4 is 10.6 Å². The first-order chi connectivity index (χ1) is 8.29. The Kier molecular flexibility index (Phi) is 4.08. The maximum Gasteiger partial charge on any atom is 0.237 e. The quantitative estimate of drug-likeness (QED) is 0.757. The third kappa shape index (κ3) is 3.26. The van der Waals surface area contributed by atoms with Gasteiger partial charge in [-0.1, -0.05) is 18.5 Å². The molecule has 0 saturated carbocycles. The van der Waals surface area contributed by atoms with Gasteiger partial charge in [0.15, 0.2) is 5.82 Å². The van der Waals surface area contributed by atoms with Crippen molar-refractivity contribution in [3.8, 4) is 0 Å². The Balaban J connectivity index is 1.89. The zero-order valence-electron chi connectivity index (χ0n) is 10.0. The lowest BCUT2D eigenvalue weighted by Crippen LogP contribution is -2.53. The minimum absolute atomic E-state index is 0.00422. The number of aryl methyl sites for hydroxylation is 1. The van der Waals surface area contributed by atoms with Gasteiger partial charge in [-0.15, -0.1) is 0 Å². The molecule has 0 bridgehead atoms. The van der Waals surface area contributed by atoms with Gasteiger partial charge >= 0.3 is 0 Å². The van der Waals surface area contributed by atoms with Gasteiger partial charge in [0.1, 0.15) is 0 Å². The van der Waals surface area contributed by atoms with Crippen LogP contribution in [-0.4, -0.2) is 35.2 Å². The van der Waals surface area contributed by atoms with Gasteiger partial charge < -0.3 is 15.2 Å². The molecule has 6 nitrogen and oxygen atoms in total. The fourth-order valence-corrected chi connectivity index (χ4v) is 1.80. The van der Waals surface area contributed by atoms with Crippen LogP contribution in [0.2, 0.25) is 0 Å². The molecule has 1 aliphatic rings. The number of hydrogen-bond donors (Lipinski definition) is 2. The van der Waals surface area contributed by atoms with Gasteiger partial charge in [-0.25, -0.2) is 0 Å². The maximum atomic E-state index is 11.5. The van der Waals surface area contributed by atoms with Crippen molar-refractivity contribution >= 4 is 5.91 Å². The highest BCUT2D eigenvalue weighted by Crippen LogP contribution is 2.05. The Hall–Kier alpha value is -1.43. The molecule has 6 heteroatoms. The molecule has 2 rings (SSSR count). The third-order valence-electron chi connectivity index (χ3n) is 2.77. The SMILES string of the molecule is CCCCc1noc(CC2NCCNC2=O)n1. The van der Waals surface area contributed by atoms with E-state index in [0.29, 0.717) is 18.9 Å². The van der Waals surface area contributed by atoms with Crippen LogP contribution >= 0.6 is 0 Å². The summed E-state index contributed by atoms with van der Waals surface area (Å²) in [6, 6.07) is -0.247. The third-order valence-corrected chi connectivity index (χ3v) is 2.77. The van der Waals surface area contributed by atoms with Crippen LogP contribution in [0.1, 0.15) is 31.5 Å². The number of carbonyl (C=O) groups is 1. The molecule has 1 aromatic heterocycles. The smallest absolute Gasteiger partial charge is 0.237 e. The highest BCUT2D eigenvalue weighted by Gasteiger charge is 2.23. The average Bonchev–Trinajstić information content (AvgIpc) is 2.77. The van der Waals surface area contributed by atoms with Crippen molar-refractivity contribution in [1.82, 2.24) is 20.8 Å². The summed E-state index contributed by atoms with van der Waals surface area (Å²) in [6.45, 7) is 3.59. The molecule has 1 amide bonds. The summed E-state index contributed by atoms with van der Waals surface area (Å²) in [6.07, 6.45) is 3.47. The number of carbonyl (C=O) groups excluding carboxylic acids is 1. The van der Waals surface area contributed by atoms with E-state index in [1.165, 1.54) is 0 Å². The molecular formula is C11H18N4O2. The van der Waals surface area contributed by atoms with Crippen molar-refractivity contribution in [2.75, 3.05) is 13.1 Å². The van der Waals surface area contributed by atoms with Crippen LogP contribution in [0, 0.1) is 0 Å². The Bertz CT molecular complexity index is 377. The second kappa shape index (κ2) is 5.77. The van der Waals surface area contributed by atoms with Crippen LogP contribution in [0.4, 0.5) is 0 Å². The van der Waals surface area contributed by atoms with E-state index < -0.39 is 0 Å². The monoisotopic (exact) mass is 238 g/mol. The minimum atomic E-state index is -0.247. The van der Waals surface area contributed by atoms with Crippen LogP contribution in [0.25, 0.3) is 0 Å². The molecule has 1 fully saturated rings.